The number of rotatable bonds is 4. The van der Waals surface area contributed by atoms with E-state index in [1.54, 1.807) is 4.89 Å². The summed E-state index contributed by atoms with van der Waals surface area (Å²) in [5.41, 5.74) is 0.627. The zero-order valence-electron chi connectivity index (χ0n) is 7.10. The van der Waals surface area contributed by atoms with Crippen LogP contribution in [0.15, 0.2) is 24.3 Å². The molecule has 1 aromatic carbocycles. The van der Waals surface area contributed by atoms with E-state index < -0.39 is 10.2 Å². The molecule has 5 nitrogen and oxygen atoms in total. The molecule has 0 heterocycles. The van der Waals surface area contributed by atoms with Crippen LogP contribution in [0.25, 0.3) is 0 Å². The van der Waals surface area contributed by atoms with Crippen molar-refractivity contribution in [1.82, 2.24) is 4.89 Å². The van der Waals surface area contributed by atoms with Crippen LogP contribution in [0.4, 0.5) is 4.39 Å². The SMILES string of the molecule is NS(=O)(=O)NOCc1ccc(F)cc1. The first-order valence-electron chi connectivity index (χ1n) is 3.63. The average molecular weight is 220 g/mol. The lowest BCUT2D eigenvalue weighted by Gasteiger charge is -2.02. The summed E-state index contributed by atoms with van der Waals surface area (Å²) in [6.45, 7) is -0.0172. The quantitative estimate of drug-likeness (QED) is 0.703. The Hall–Kier alpha value is -1.02. The molecule has 3 N–H and O–H groups in total. The van der Waals surface area contributed by atoms with Crippen molar-refractivity contribution in [3.8, 4) is 0 Å². The molecule has 0 spiro atoms. The van der Waals surface area contributed by atoms with E-state index in [-0.39, 0.29) is 12.4 Å². The monoisotopic (exact) mass is 220 g/mol. The predicted octanol–water partition coefficient (Wildman–Crippen LogP) is 0.0504. The van der Waals surface area contributed by atoms with Gasteiger partial charge in [0.05, 0.1) is 6.61 Å². The molecule has 0 unspecified atom stereocenters. The van der Waals surface area contributed by atoms with Crippen LogP contribution in [0.5, 0.6) is 0 Å². The molecule has 0 bridgehead atoms. The summed E-state index contributed by atoms with van der Waals surface area (Å²) in [4.78, 5) is 6.18. The standard InChI is InChI=1S/C7H9FN2O3S/c8-7-3-1-6(2-4-7)5-13-10-14(9,11)12/h1-4,10H,5H2,(H2,9,11,12). The highest BCUT2D eigenvalue weighted by Gasteiger charge is 2.00. The Morgan fingerprint density at radius 2 is 1.93 bits per heavy atom. The normalized spacial score (nSPS) is 11.6. The number of nitrogens with two attached hydrogens (primary N) is 1. The maximum Gasteiger partial charge on any atom is 0.296 e. The van der Waals surface area contributed by atoms with Crippen molar-refractivity contribution in [3.63, 3.8) is 0 Å². The lowest BCUT2D eigenvalue weighted by molar-refractivity contribution is 0.0795. The fraction of sp³-hybridized carbons (Fsp3) is 0.143. The Morgan fingerprint density at radius 3 is 2.43 bits per heavy atom. The van der Waals surface area contributed by atoms with Gasteiger partial charge >= 0.3 is 0 Å². The minimum Gasteiger partial charge on any atom is -0.281 e. The lowest BCUT2D eigenvalue weighted by Crippen LogP contribution is -2.30. The molecule has 0 saturated carbocycles. The Balaban J connectivity index is 2.43. The van der Waals surface area contributed by atoms with Crippen molar-refractivity contribution in [3.05, 3.63) is 35.6 Å². The Bertz CT molecular complexity index is 390. The molecule has 0 atom stereocenters. The molecule has 0 saturated heterocycles. The third kappa shape index (κ3) is 4.28. The van der Waals surface area contributed by atoms with Crippen LogP contribution >= 0.6 is 0 Å². The largest absolute Gasteiger partial charge is 0.296 e. The molecule has 0 aliphatic rings. The van der Waals surface area contributed by atoms with Gasteiger partial charge in [0.15, 0.2) is 0 Å². The number of hydrogen-bond donors (Lipinski definition) is 2. The van der Waals surface area contributed by atoms with Crippen LogP contribution in [0.2, 0.25) is 0 Å². The second-order valence-electron chi connectivity index (χ2n) is 2.54. The third-order valence-corrected chi connectivity index (χ3v) is 1.68. The summed E-state index contributed by atoms with van der Waals surface area (Å²) in [6, 6.07) is 5.44. The van der Waals surface area contributed by atoms with Gasteiger partial charge in [-0.25, -0.2) is 9.53 Å². The van der Waals surface area contributed by atoms with Crippen molar-refractivity contribution in [2.24, 2.45) is 5.14 Å². The van der Waals surface area contributed by atoms with Gasteiger partial charge in [-0.3, -0.25) is 4.84 Å². The van der Waals surface area contributed by atoms with E-state index in [0.717, 1.165) is 0 Å². The minimum absolute atomic E-state index is 0.0172. The van der Waals surface area contributed by atoms with Gasteiger partial charge in [-0.1, -0.05) is 17.0 Å². The van der Waals surface area contributed by atoms with Crippen molar-refractivity contribution >= 4 is 10.2 Å². The van der Waals surface area contributed by atoms with E-state index in [1.807, 2.05) is 0 Å². The topological polar surface area (TPSA) is 81.4 Å². The van der Waals surface area contributed by atoms with Crippen LogP contribution in [0.3, 0.4) is 0 Å². The lowest BCUT2D eigenvalue weighted by atomic mass is 10.2. The molecule has 1 aromatic rings. The Labute approximate surface area is 80.8 Å². The number of benzene rings is 1. The fourth-order valence-corrected chi connectivity index (χ4v) is 0.999. The smallest absolute Gasteiger partial charge is 0.281 e. The summed E-state index contributed by atoms with van der Waals surface area (Å²) < 4.78 is 33.1. The van der Waals surface area contributed by atoms with Gasteiger partial charge in [0.2, 0.25) is 0 Å². The highest BCUT2D eigenvalue weighted by atomic mass is 32.2. The van der Waals surface area contributed by atoms with E-state index in [0.29, 0.717) is 5.56 Å². The molecule has 7 heteroatoms. The molecule has 0 aliphatic carbocycles. The van der Waals surface area contributed by atoms with Crippen LogP contribution in [-0.2, 0) is 21.7 Å². The third-order valence-electron chi connectivity index (χ3n) is 1.33. The summed E-state index contributed by atoms with van der Waals surface area (Å²) >= 11 is 0. The number of nitrogens with one attached hydrogen (secondary N) is 1. The van der Waals surface area contributed by atoms with Crippen molar-refractivity contribution in [2.75, 3.05) is 0 Å². The van der Waals surface area contributed by atoms with Crippen LogP contribution in [-0.4, -0.2) is 8.42 Å². The Kier molecular flexibility index (Phi) is 3.53. The first-order valence-corrected chi connectivity index (χ1v) is 5.18. The zero-order valence-corrected chi connectivity index (χ0v) is 7.92. The van der Waals surface area contributed by atoms with E-state index in [9.17, 15) is 12.8 Å². The summed E-state index contributed by atoms with van der Waals surface area (Å²) in [5, 5.41) is 4.60. The highest BCUT2D eigenvalue weighted by Crippen LogP contribution is 2.03. The van der Waals surface area contributed by atoms with Gasteiger partial charge in [-0.05, 0) is 17.7 Å². The molecular weight excluding hydrogens is 211 g/mol. The van der Waals surface area contributed by atoms with Gasteiger partial charge in [0.25, 0.3) is 10.2 Å². The highest BCUT2D eigenvalue weighted by molar-refractivity contribution is 7.87. The van der Waals surface area contributed by atoms with Gasteiger partial charge in [0.1, 0.15) is 5.82 Å². The van der Waals surface area contributed by atoms with E-state index >= 15 is 0 Å². The number of hydrogen-bond acceptors (Lipinski definition) is 3. The first-order chi connectivity index (χ1) is 6.47. The van der Waals surface area contributed by atoms with Gasteiger partial charge in [-0.2, -0.15) is 8.42 Å². The first kappa shape index (κ1) is 11.1. The van der Waals surface area contributed by atoms with E-state index in [2.05, 4.69) is 9.98 Å². The van der Waals surface area contributed by atoms with Crippen LogP contribution < -0.4 is 10.0 Å². The van der Waals surface area contributed by atoms with Crippen LogP contribution in [0, 0.1) is 5.82 Å². The molecule has 0 aromatic heterocycles. The summed E-state index contributed by atoms with van der Waals surface area (Å²) in [7, 11) is -3.85. The van der Waals surface area contributed by atoms with Crippen molar-refractivity contribution in [2.45, 2.75) is 6.61 Å². The van der Waals surface area contributed by atoms with Crippen molar-refractivity contribution in [1.29, 1.82) is 0 Å². The summed E-state index contributed by atoms with van der Waals surface area (Å²) in [5.74, 6) is -0.367. The maximum atomic E-state index is 12.4. The van der Waals surface area contributed by atoms with Gasteiger partial charge in [-0.15, -0.1) is 0 Å². The molecular formula is C7H9FN2O3S. The summed E-state index contributed by atoms with van der Waals surface area (Å²) in [6.07, 6.45) is 0. The van der Waals surface area contributed by atoms with Gasteiger partial charge < -0.3 is 0 Å². The predicted molar refractivity (Wildman–Crippen MR) is 47.4 cm³/mol. The molecule has 78 valence electrons. The fourth-order valence-electron chi connectivity index (χ4n) is 0.776. The molecule has 0 radical (unpaired) electrons. The molecule has 14 heavy (non-hydrogen) atoms. The second kappa shape index (κ2) is 4.47. The number of halogens is 1. The average Bonchev–Trinajstić information content (AvgIpc) is 2.06. The second-order valence-corrected chi connectivity index (χ2v) is 3.80. The molecule has 0 aliphatic heterocycles. The van der Waals surface area contributed by atoms with E-state index in [4.69, 9.17) is 0 Å². The minimum atomic E-state index is -3.85. The molecule has 1 rings (SSSR count). The van der Waals surface area contributed by atoms with Crippen molar-refractivity contribution < 1.29 is 17.6 Å². The van der Waals surface area contributed by atoms with Crippen LogP contribution in [0.1, 0.15) is 5.56 Å². The Morgan fingerprint density at radius 1 is 1.36 bits per heavy atom. The van der Waals surface area contributed by atoms with E-state index in [1.165, 1.54) is 24.3 Å². The molecule has 0 amide bonds. The van der Waals surface area contributed by atoms with Gasteiger partial charge in [0, 0.05) is 0 Å². The molecule has 0 fully saturated rings. The zero-order chi connectivity index (χ0) is 10.6. The maximum absolute atomic E-state index is 12.4.